The van der Waals surface area contributed by atoms with Crippen LogP contribution in [0.4, 0.5) is 0 Å². The molecule has 0 saturated carbocycles. The molecule has 0 radical (unpaired) electrons. The van der Waals surface area contributed by atoms with E-state index in [2.05, 4.69) is 0 Å². The Hall–Kier alpha value is -3.29. The number of carboxylic acids is 1. The minimum absolute atomic E-state index is 0.0157. The van der Waals surface area contributed by atoms with E-state index in [1.54, 1.807) is 18.2 Å². The average Bonchev–Trinajstić information content (AvgIpc) is 2.62. The standard InChI is InChI=1S/C18H20N2O6/c1-19-15(5-4-6-16(19)21)18(24)20(11-17(22)23)10-12-7-13(25-2)9-14(8-12)26-3/h4-9H,10-11H2,1-3H3,(H,22,23). The highest BCUT2D eigenvalue weighted by Gasteiger charge is 2.21. The Labute approximate surface area is 150 Å². The molecule has 0 aliphatic rings. The number of hydrogen-bond acceptors (Lipinski definition) is 5. The first kappa shape index (κ1) is 19.0. The lowest BCUT2D eigenvalue weighted by Crippen LogP contribution is -2.38. The summed E-state index contributed by atoms with van der Waals surface area (Å²) in [4.78, 5) is 36.9. The second-order valence-corrected chi connectivity index (χ2v) is 5.58. The molecule has 0 unspecified atom stereocenters. The highest BCUT2D eigenvalue weighted by atomic mass is 16.5. The summed E-state index contributed by atoms with van der Waals surface area (Å²) in [6.45, 7) is -0.497. The number of methoxy groups -OCH3 is 2. The second-order valence-electron chi connectivity index (χ2n) is 5.58. The number of nitrogens with zero attached hydrogens (tertiary/aromatic N) is 2. The number of ether oxygens (including phenoxy) is 2. The number of benzene rings is 1. The summed E-state index contributed by atoms with van der Waals surface area (Å²) in [6.07, 6.45) is 0. The summed E-state index contributed by atoms with van der Waals surface area (Å²) in [6, 6.07) is 9.32. The summed E-state index contributed by atoms with van der Waals surface area (Å²) in [5.74, 6) is -0.674. The van der Waals surface area contributed by atoms with Gasteiger partial charge in [-0.05, 0) is 23.8 Å². The van der Waals surface area contributed by atoms with Gasteiger partial charge in [0.1, 0.15) is 23.7 Å². The van der Waals surface area contributed by atoms with Crippen LogP contribution in [0.3, 0.4) is 0 Å². The van der Waals surface area contributed by atoms with Gasteiger partial charge in [0.15, 0.2) is 0 Å². The SMILES string of the molecule is COc1cc(CN(CC(=O)O)C(=O)c2cccc(=O)n2C)cc(OC)c1. The second kappa shape index (κ2) is 8.19. The number of carbonyl (C=O) groups is 2. The molecule has 0 saturated heterocycles. The van der Waals surface area contributed by atoms with Crippen LogP contribution in [-0.2, 0) is 18.4 Å². The van der Waals surface area contributed by atoms with Crippen molar-refractivity contribution in [2.45, 2.75) is 6.54 Å². The molecule has 138 valence electrons. The number of amides is 1. The lowest BCUT2D eigenvalue weighted by atomic mass is 10.1. The summed E-state index contributed by atoms with van der Waals surface area (Å²) >= 11 is 0. The van der Waals surface area contributed by atoms with Crippen LogP contribution >= 0.6 is 0 Å². The molecule has 2 aromatic rings. The number of pyridine rings is 1. The first-order chi connectivity index (χ1) is 12.3. The molecule has 1 heterocycles. The van der Waals surface area contributed by atoms with E-state index in [0.717, 1.165) is 4.90 Å². The van der Waals surface area contributed by atoms with Gasteiger partial charge in [-0.15, -0.1) is 0 Å². The Kier molecular flexibility index (Phi) is 6.00. The van der Waals surface area contributed by atoms with E-state index in [4.69, 9.17) is 9.47 Å². The number of carboxylic acid groups (broad SMARTS) is 1. The van der Waals surface area contributed by atoms with Crippen molar-refractivity contribution in [2.75, 3.05) is 20.8 Å². The molecule has 8 nitrogen and oxygen atoms in total. The van der Waals surface area contributed by atoms with Gasteiger partial charge in [0.25, 0.3) is 11.5 Å². The fourth-order valence-electron chi connectivity index (χ4n) is 2.48. The topological polar surface area (TPSA) is 98.1 Å². The van der Waals surface area contributed by atoms with Gasteiger partial charge in [-0.1, -0.05) is 6.07 Å². The number of rotatable bonds is 7. The van der Waals surface area contributed by atoms with Crippen LogP contribution in [0.25, 0.3) is 0 Å². The van der Waals surface area contributed by atoms with Crippen molar-refractivity contribution in [3.63, 3.8) is 0 Å². The predicted molar refractivity (Wildman–Crippen MR) is 93.6 cm³/mol. The van der Waals surface area contributed by atoms with Gasteiger partial charge in [-0.25, -0.2) is 0 Å². The number of aliphatic carboxylic acids is 1. The third-order valence-corrected chi connectivity index (χ3v) is 3.80. The minimum Gasteiger partial charge on any atom is -0.497 e. The molecule has 0 aliphatic heterocycles. The van der Waals surface area contributed by atoms with E-state index in [-0.39, 0.29) is 17.8 Å². The van der Waals surface area contributed by atoms with Crippen molar-refractivity contribution in [1.82, 2.24) is 9.47 Å². The molecule has 0 spiro atoms. The molecule has 8 heteroatoms. The number of aromatic nitrogens is 1. The van der Waals surface area contributed by atoms with Crippen LogP contribution in [-0.4, -0.2) is 47.2 Å². The first-order valence-corrected chi connectivity index (χ1v) is 7.74. The number of hydrogen-bond donors (Lipinski definition) is 1. The van der Waals surface area contributed by atoms with E-state index < -0.39 is 18.4 Å². The van der Waals surface area contributed by atoms with E-state index in [1.165, 1.54) is 44.0 Å². The molecule has 2 rings (SSSR count). The Balaban J connectivity index is 2.39. The van der Waals surface area contributed by atoms with E-state index >= 15 is 0 Å². The monoisotopic (exact) mass is 360 g/mol. The van der Waals surface area contributed by atoms with Crippen LogP contribution in [0, 0.1) is 0 Å². The zero-order valence-electron chi connectivity index (χ0n) is 14.8. The average molecular weight is 360 g/mol. The van der Waals surface area contributed by atoms with Crippen LogP contribution < -0.4 is 15.0 Å². The molecular formula is C18H20N2O6. The highest BCUT2D eigenvalue weighted by molar-refractivity contribution is 5.94. The van der Waals surface area contributed by atoms with Crippen molar-refractivity contribution in [2.24, 2.45) is 7.05 Å². The summed E-state index contributed by atoms with van der Waals surface area (Å²) in [5, 5.41) is 9.17. The molecule has 0 fully saturated rings. The van der Waals surface area contributed by atoms with E-state index in [1.807, 2.05) is 0 Å². The maximum atomic E-state index is 12.8. The Morgan fingerprint density at radius 2 is 1.73 bits per heavy atom. The molecule has 1 aromatic heterocycles. The van der Waals surface area contributed by atoms with Gasteiger partial charge in [0, 0.05) is 25.7 Å². The van der Waals surface area contributed by atoms with Gasteiger partial charge in [0.05, 0.1) is 14.2 Å². The Morgan fingerprint density at radius 3 is 2.27 bits per heavy atom. The van der Waals surface area contributed by atoms with Crippen LogP contribution in [0.5, 0.6) is 11.5 Å². The maximum Gasteiger partial charge on any atom is 0.323 e. The van der Waals surface area contributed by atoms with Crippen LogP contribution in [0.15, 0.2) is 41.2 Å². The van der Waals surface area contributed by atoms with Gasteiger partial charge < -0.3 is 24.0 Å². The van der Waals surface area contributed by atoms with Gasteiger partial charge in [-0.3, -0.25) is 14.4 Å². The summed E-state index contributed by atoms with van der Waals surface area (Å²) < 4.78 is 11.6. The molecule has 1 aromatic carbocycles. The molecular weight excluding hydrogens is 340 g/mol. The van der Waals surface area contributed by atoms with Gasteiger partial charge in [0.2, 0.25) is 0 Å². The number of carbonyl (C=O) groups excluding carboxylic acids is 1. The van der Waals surface area contributed by atoms with E-state index in [0.29, 0.717) is 17.1 Å². The molecule has 26 heavy (non-hydrogen) atoms. The fourth-order valence-corrected chi connectivity index (χ4v) is 2.48. The van der Waals surface area contributed by atoms with Crippen LogP contribution in [0.2, 0.25) is 0 Å². The van der Waals surface area contributed by atoms with E-state index in [9.17, 15) is 19.5 Å². The summed E-state index contributed by atoms with van der Waals surface area (Å²) in [5.41, 5.74) is 0.388. The molecule has 1 amide bonds. The maximum absolute atomic E-state index is 12.8. The third-order valence-electron chi connectivity index (χ3n) is 3.80. The smallest absolute Gasteiger partial charge is 0.323 e. The van der Waals surface area contributed by atoms with Crippen LogP contribution in [0.1, 0.15) is 16.1 Å². The quantitative estimate of drug-likeness (QED) is 0.795. The molecule has 0 atom stereocenters. The first-order valence-electron chi connectivity index (χ1n) is 7.74. The minimum atomic E-state index is -1.16. The summed E-state index contributed by atoms with van der Waals surface area (Å²) in [7, 11) is 4.46. The molecule has 0 bridgehead atoms. The lowest BCUT2D eigenvalue weighted by Gasteiger charge is -2.22. The predicted octanol–water partition coefficient (Wildman–Crippen LogP) is 1.13. The zero-order valence-corrected chi connectivity index (χ0v) is 14.8. The Morgan fingerprint density at radius 1 is 1.12 bits per heavy atom. The van der Waals surface area contributed by atoms with Gasteiger partial charge in [-0.2, -0.15) is 0 Å². The highest BCUT2D eigenvalue weighted by Crippen LogP contribution is 2.23. The van der Waals surface area contributed by atoms with Crippen molar-refractivity contribution < 1.29 is 24.2 Å². The van der Waals surface area contributed by atoms with Crippen molar-refractivity contribution in [3.05, 3.63) is 58.0 Å². The van der Waals surface area contributed by atoms with Crippen molar-refractivity contribution in [3.8, 4) is 11.5 Å². The Bertz CT molecular complexity index is 852. The molecule has 0 aliphatic carbocycles. The zero-order chi connectivity index (χ0) is 19.3. The lowest BCUT2D eigenvalue weighted by molar-refractivity contribution is -0.137. The van der Waals surface area contributed by atoms with Crippen molar-refractivity contribution in [1.29, 1.82) is 0 Å². The molecule has 1 N–H and O–H groups in total. The third kappa shape index (κ3) is 4.41. The normalized spacial score (nSPS) is 10.3. The largest absolute Gasteiger partial charge is 0.497 e. The van der Waals surface area contributed by atoms with Crippen molar-refractivity contribution >= 4 is 11.9 Å². The fraction of sp³-hybridized carbons (Fsp3) is 0.278. The van der Waals surface area contributed by atoms with Gasteiger partial charge >= 0.3 is 5.97 Å².